The van der Waals surface area contributed by atoms with Crippen molar-refractivity contribution in [3.8, 4) is 0 Å². The van der Waals surface area contributed by atoms with E-state index >= 15 is 0 Å². The van der Waals surface area contributed by atoms with Crippen molar-refractivity contribution in [1.29, 1.82) is 0 Å². The zero-order chi connectivity index (χ0) is 51.3. The molecule has 0 bridgehead atoms. The maximum Gasteiger partial charge on any atom is 0.472 e. The summed E-state index contributed by atoms with van der Waals surface area (Å²) in [5.74, 6) is -0.849. The maximum absolute atomic E-state index is 12.8. The third kappa shape index (κ3) is 54.3. The minimum atomic E-state index is -4.40. The standard InChI is InChI=1S/C60H104NO8P/c1-6-8-10-12-14-16-18-20-22-24-26-27-28-29-30-31-32-33-35-37-39-41-43-45-47-49-51-53-60(63)69-58(57-68-70(64,65)67-55-54-61(3,4)5)56-66-59(62)52-50-48-46-44-42-40-38-36-34-25-23-21-19-17-15-13-11-9-7-2/h8,10,14,16,20,22,26-27,29-30,32-33,37,39,43,45,58H,6-7,9,11-13,15,17-19,21,23-25,28,31,34-36,38,40-42,44,46-57H2,1-5H3/p+1/b10-8-,16-14-,22-20-,27-26-,30-29-,33-32-,39-37-,45-43-. The van der Waals surface area contributed by atoms with Crippen LogP contribution in [0.15, 0.2) is 97.2 Å². The maximum atomic E-state index is 12.8. The quantitative estimate of drug-likeness (QED) is 0.0211. The number of quaternary nitrogens is 1. The molecule has 0 aromatic rings. The van der Waals surface area contributed by atoms with E-state index in [1.807, 2.05) is 21.1 Å². The lowest BCUT2D eigenvalue weighted by molar-refractivity contribution is -0.870. The average Bonchev–Trinajstić information content (AvgIpc) is 3.32. The minimum Gasteiger partial charge on any atom is -0.462 e. The van der Waals surface area contributed by atoms with Gasteiger partial charge in [0.1, 0.15) is 19.8 Å². The number of ether oxygens (including phenoxy) is 2. The van der Waals surface area contributed by atoms with E-state index < -0.39 is 26.5 Å². The van der Waals surface area contributed by atoms with E-state index in [9.17, 15) is 19.0 Å². The lowest BCUT2D eigenvalue weighted by Crippen LogP contribution is -2.37. The van der Waals surface area contributed by atoms with E-state index in [0.29, 0.717) is 17.4 Å². The summed E-state index contributed by atoms with van der Waals surface area (Å²) < 4.78 is 34.5. The van der Waals surface area contributed by atoms with Crippen molar-refractivity contribution in [3.05, 3.63) is 97.2 Å². The summed E-state index contributed by atoms with van der Waals surface area (Å²) in [5, 5.41) is 0. The van der Waals surface area contributed by atoms with Crippen LogP contribution in [0.1, 0.15) is 219 Å². The summed E-state index contributed by atoms with van der Waals surface area (Å²) >= 11 is 0. The fourth-order valence-electron chi connectivity index (χ4n) is 7.32. The van der Waals surface area contributed by atoms with Gasteiger partial charge in [0.15, 0.2) is 6.10 Å². The Kier molecular flexibility index (Phi) is 48.6. The summed E-state index contributed by atoms with van der Waals surface area (Å²) in [7, 11) is 1.44. The van der Waals surface area contributed by atoms with E-state index in [0.717, 1.165) is 83.5 Å². The lowest BCUT2D eigenvalue weighted by Gasteiger charge is -2.24. The molecule has 0 spiro atoms. The molecule has 1 N–H and O–H groups in total. The van der Waals surface area contributed by atoms with Gasteiger partial charge in [-0.25, -0.2) is 4.57 Å². The number of nitrogens with zero attached hydrogens (tertiary/aromatic N) is 1. The van der Waals surface area contributed by atoms with Crippen molar-refractivity contribution in [3.63, 3.8) is 0 Å². The molecule has 0 radical (unpaired) electrons. The van der Waals surface area contributed by atoms with Gasteiger partial charge < -0.3 is 18.9 Å². The van der Waals surface area contributed by atoms with Crippen LogP contribution in [0.4, 0.5) is 0 Å². The molecule has 0 saturated heterocycles. The van der Waals surface area contributed by atoms with E-state index in [1.165, 1.54) is 103 Å². The van der Waals surface area contributed by atoms with E-state index in [1.54, 1.807) is 0 Å². The number of carbonyl (C=O) groups is 2. The van der Waals surface area contributed by atoms with Gasteiger partial charge in [-0.1, -0.05) is 227 Å². The van der Waals surface area contributed by atoms with Gasteiger partial charge in [-0.15, -0.1) is 0 Å². The van der Waals surface area contributed by atoms with Crippen molar-refractivity contribution in [2.45, 2.75) is 225 Å². The summed E-state index contributed by atoms with van der Waals surface area (Å²) in [6, 6.07) is 0. The fourth-order valence-corrected chi connectivity index (χ4v) is 8.07. The summed E-state index contributed by atoms with van der Waals surface area (Å²) in [6.45, 7) is 4.27. The Balaban J connectivity index is 4.32. The molecule has 2 unspecified atom stereocenters. The van der Waals surface area contributed by atoms with Crippen LogP contribution in [0, 0.1) is 0 Å². The first kappa shape index (κ1) is 66.9. The zero-order valence-corrected chi connectivity index (χ0v) is 46.4. The van der Waals surface area contributed by atoms with Crippen molar-refractivity contribution >= 4 is 19.8 Å². The highest BCUT2D eigenvalue weighted by molar-refractivity contribution is 7.47. The Morgan fingerprint density at radius 3 is 1.21 bits per heavy atom. The highest BCUT2D eigenvalue weighted by Gasteiger charge is 2.27. The average molecular weight is 999 g/mol. The number of carbonyl (C=O) groups excluding carboxylic acids is 2. The third-order valence-corrected chi connectivity index (χ3v) is 12.6. The van der Waals surface area contributed by atoms with Gasteiger partial charge in [0.2, 0.25) is 0 Å². The van der Waals surface area contributed by atoms with Gasteiger partial charge >= 0.3 is 19.8 Å². The fraction of sp³-hybridized carbons (Fsp3) is 0.700. The number of phosphoric acid groups is 1. The molecule has 2 atom stereocenters. The highest BCUT2D eigenvalue weighted by Crippen LogP contribution is 2.43. The van der Waals surface area contributed by atoms with Gasteiger partial charge in [-0.2, -0.15) is 0 Å². The second-order valence-electron chi connectivity index (χ2n) is 19.6. The first-order chi connectivity index (χ1) is 34.0. The van der Waals surface area contributed by atoms with Gasteiger partial charge in [-0.3, -0.25) is 18.6 Å². The minimum absolute atomic E-state index is 0.0191. The predicted octanol–water partition coefficient (Wildman–Crippen LogP) is 17.3. The van der Waals surface area contributed by atoms with Crippen LogP contribution < -0.4 is 0 Å². The Hall–Kier alpha value is -3.07. The van der Waals surface area contributed by atoms with Crippen molar-refractivity contribution in [2.24, 2.45) is 0 Å². The molecule has 0 aromatic heterocycles. The van der Waals surface area contributed by atoms with Gasteiger partial charge in [0, 0.05) is 12.8 Å². The molecular weight excluding hydrogens is 894 g/mol. The molecule has 0 heterocycles. The number of esters is 2. The van der Waals surface area contributed by atoms with Crippen molar-refractivity contribution in [1.82, 2.24) is 0 Å². The summed E-state index contributed by atoms with van der Waals surface area (Å²) in [6.07, 6.45) is 69.0. The molecule has 9 nitrogen and oxygen atoms in total. The first-order valence-corrected chi connectivity index (χ1v) is 29.5. The third-order valence-electron chi connectivity index (χ3n) is 11.6. The van der Waals surface area contributed by atoms with Crippen LogP contribution in [0.2, 0.25) is 0 Å². The summed E-state index contributed by atoms with van der Waals surface area (Å²) in [5.41, 5.74) is 0. The highest BCUT2D eigenvalue weighted by atomic mass is 31.2. The van der Waals surface area contributed by atoms with Crippen LogP contribution in [-0.2, 0) is 32.7 Å². The molecule has 10 heteroatoms. The Morgan fingerprint density at radius 1 is 0.457 bits per heavy atom. The molecule has 0 amide bonds. The van der Waals surface area contributed by atoms with E-state index in [-0.39, 0.29) is 32.0 Å². The SMILES string of the molecule is CC/C=C\C/C=C\C/C=C\C/C=C\C/C=C\C/C=C\C/C=C\C/C=C\CCCCC(=O)OC(COC(=O)CCCCCCCCCCCCCCCCCCCCC)COP(=O)(O)OCC[N+](C)(C)C. The molecule has 402 valence electrons. The number of unbranched alkanes of at least 4 members (excludes halogenated alkanes) is 20. The van der Waals surface area contributed by atoms with Crippen LogP contribution in [-0.4, -0.2) is 74.9 Å². The van der Waals surface area contributed by atoms with Crippen LogP contribution in [0.3, 0.4) is 0 Å². The number of hydrogen-bond donors (Lipinski definition) is 1. The molecule has 0 aliphatic heterocycles. The molecule has 0 saturated carbocycles. The second kappa shape index (κ2) is 50.9. The molecule has 0 aliphatic carbocycles. The molecule has 70 heavy (non-hydrogen) atoms. The lowest BCUT2D eigenvalue weighted by atomic mass is 10.0. The van der Waals surface area contributed by atoms with E-state index in [2.05, 4.69) is 111 Å². The number of allylic oxidation sites excluding steroid dienone is 16. The zero-order valence-electron chi connectivity index (χ0n) is 45.5. The second-order valence-corrected chi connectivity index (χ2v) is 21.0. The van der Waals surface area contributed by atoms with Gasteiger partial charge in [-0.05, 0) is 77.0 Å². The van der Waals surface area contributed by atoms with Crippen LogP contribution in [0.25, 0.3) is 0 Å². The van der Waals surface area contributed by atoms with Crippen LogP contribution in [0.5, 0.6) is 0 Å². The number of likely N-dealkylation sites (N-methyl/N-ethyl adjacent to an activating group) is 1. The van der Waals surface area contributed by atoms with Crippen LogP contribution >= 0.6 is 7.82 Å². The topological polar surface area (TPSA) is 108 Å². The monoisotopic (exact) mass is 999 g/mol. The van der Waals surface area contributed by atoms with Crippen molar-refractivity contribution in [2.75, 3.05) is 47.5 Å². The Morgan fingerprint density at radius 2 is 0.814 bits per heavy atom. The Bertz CT molecular complexity index is 1500. The van der Waals surface area contributed by atoms with Gasteiger partial charge in [0.25, 0.3) is 0 Å². The number of phosphoric ester groups is 1. The first-order valence-electron chi connectivity index (χ1n) is 28.0. The Labute approximate surface area is 430 Å². The van der Waals surface area contributed by atoms with Crippen molar-refractivity contribution < 1.29 is 42.1 Å². The molecular formula is C60H105NO8P+. The molecule has 0 aromatic carbocycles. The summed E-state index contributed by atoms with van der Waals surface area (Å²) in [4.78, 5) is 35.6. The number of rotatable bonds is 50. The van der Waals surface area contributed by atoms with E-state index in [4.69, 9.17) is 18.5 Å². The largest absolute Gasteiger partial charge is 0.472 e. The molecule has 0 rings (SSSR count). The predicted molar refractivity (Wildman–Crippen MR) is 298 cm³/mol. The smallest absolute Gasteiger partial charge is 0.462 e. The normalized spacial score (nSPS) is 14.1. The number of hydrogen-bond acceptors (Lipinski definition) is 7. The molecule has 0 aliphatic rings. The van der Waals surface area contributed by atoms with Gasteiger partial charge in [0.05, 0.1) is 27.7 Å². The molecule has 0 fully saturated rings.